The van der Waals surface area contributed by atoms with E-state index >= 15 is 0 Å². The van der Waals surface area contributed by atoms with Gasteiger partial charge in [0.1, 0.15) is 11.8 Å². The van der Waals surface area contributed by atoms with Crippen LogP contribution in [0.15, 0.2) is 42.5 Å². The maximum Gasteiger partial charge on any atom is 0.327 e. The standard InChI is InChI=1S/C18H18ClN3O5/c19-14-7-11(16(24)21-9-10-2-1-3-12(23)6-10)4-5-13(14)17(25)22-15(8-20)18(26)27/h1-7,15,23H,8-9,20H2,(H,21,24)(H,22,25)(H,26,27)/t15-/m0/s1. The molecule has 0 radical (unpaired) electrons. The minimum atomic E-state index is -1.26. The van der Waals surface area contributed by atoms with Gasteiger partial charge in [-0.05, 0) is 35.9 Å². The first-order valence-electron chi connectivity index (χ1n) is 7.91. The minimum Gasteiger partial charge on any atom is -0.508 e. The predicted octanol–water partition coefficient (Wildman–Crippen LogP) is 1.12. The Bertz CT molecular complexity index is 872. The number of carboxylic acids is 1. The molecule has 8 nitrogen and oxygen atoms in total. The fourth-order valence-electron chi connectivity index (χ4n) is 2.25. The first-order valence-corrected chi connectivity index (χ1v) is 8.29. The molecule has 6 N–H and O–H groups in total. The highest BCUT2D eigenvalue weighted by atomic mass is 35.5. The molecule has 0 aromatic heterocycles. The number of halogens is 1. The number of nitrogens with one attached hydrogen (secondary N) is 2. The summed E-state index contributed by atoms with van der Waals surface area (Å²) in [5.74, 6) is -2.29. The second kappa shape index (κ2) is 9.02. The number of rotatable bonds is 7. The Labute approximate surface area is 159 Å². The Kier molecular flexibility index (Phi) is 6.75. The molecular weight excluding hydrogens is 374 g/mol. The Morgan fingerprint density at radius 1 is 1.11 bits per heavy atom. The minimum absolute atomic E-state index is 0.00124. The zero-order valence-corrected chi connectivity index (χ0v) is 14.9. The average molecular weight is 392 g/mol. The van der Waals surface area contributed by atoms with Crippen LogP contribution in [0.2, 0.25) is 5.02 Å². The van der Waals surface area contributed by atoms with Gasteiger partial charge in [0, 0.05) is 18.7 Å². The van der Waals surface area contributed by atoms with Gasteiger partial charge in [-0.1, -0.05) is 23.7 Å². The zero-order valence-electron chi connectivity index (χ0n) is 14.1. The Hall–Kier alpha value is -3.10. The topological polar surface area (TPSA) is 142 Å². The van der Waals surface area contributed by atoms with Crippen LogP contribution >= 0.6 is 11.6 Å². The molecule has 0 saturated heterocycles. The van der Waals surface area contributed by atoms with E-state index in [-0.39, 0.29) is 35.0 Å². The van der Waals surface area contributed by atoms with Gasteiger partial charge in [0.2, 0.25) is 0 Å². The second-order valence-corrected chi connectivity index (χ2v) is 6.05. The number of carbonyl (C=O) groups excluding carboxylic acids is 2. The van der Waals surface area contributed by atoms with Gasteiger partial charge < -0.3 is 26.6 Å². The molecule has 1 atom stereocenters. The third-order valence-corrected chi connectivity index (χ3v) is 3.99. The number of aromatic hydroxyl groups is 1. The number of nitrogens with two attached hydrogens (primary N) is 1. The van der Waals surface area contributed by atoms with E-state index in [0.717, 1.165) is 0 Å². The lowest BCUT2D eigenvalue weighted by molar-refractivity contribution is -0.138. The summed E-state index contributed by atoms with van der Waals surface area (Å²) in [7, 11) is 0. The molecule has 2 rings (SSSR count). The van der Waals surface area contributed by atoms with Crippen molar-refractivity contribution >= 4 is 29.4 Å². The van der Waals surface area contributed by atoms with Gasteiger partial charge in [-0.25, -0.2) is 4.79 Å². The highest BCUT2D eigenvalue weighted by molar-refractivity contribution is 6.34. The largest absolute Gasteiger partial charge is 0.508 e. The van der Waals surface area contributed by atoms with E-state index in [4.69, 9.17) is 22.4 Å². The Morgan fingerprint density at radius 3 is 2.44 bits per heavy atom. The Morgan fingerprint density at radius 2 is 1.85 bits per heavy atom. The van der Waals surface area contributed by atoms with Crippen LogP contribution in [0.25, 0.3) is 0 Å². The molecule has 0 fully saturated rings. The predicted molar refractivity (Wildman–Crippen MR) is 98.7 cm³/mol. The van der Waals surface area contributed by atoms with Crippen LogP contribution < -0.4 is 16.4 Å². The number of phenolic OH excluding ortho intramolecular Hbond substituents is 1. The quantitative estimate of drug-likeness (QED) is 0.478. The summed E-state index contributed by atoms with van der Waals surface area (Å²) in [4.78, 5) is 35.3. The third kappa shape index (κ3) is 5.44. The van der Waals surface area contributed by atoms with Crippen molar-refractivity contribution in [3.63, 3.8) is 0 Å². The molecule has 0 aliphatic heterocycles. The molecule has 2 aromatic carbocycles. The van der Waals surface area contributed by atoms with Crippen LogP contribution in [0.5, 0.6) is 5.75 Å². The maximum absolute atomic E-state index is 12.2. The average Bonchev–Trinajstić information content (AvgIpc) is 2.63. The van der Waals surface area contributed by atoms with Crippen LogP contribution in [-0.4, -0.2) is 40.6 Å². The molecule has 0 aliphatic carbocycles. The number of carboxylic acid groups (broad SMARTS) is 1. The summed E-state index contributed by atoms with van der Waals surface area (Å²) in [6, 6.07) is 9.26. The van der Waals surface area contributed by atoms with Gasteiger partial charge in [-0.15, -0.1) is 0 Å². The van der Waals surface area contributed by atoms with Crippen molar-refractivity contribution < 1.29 is 24.6 Å². The molecule has 2 amide bonds. The number of amides is 2. The molecule has 0 unspecified atom stereocenters. The smallest absolute Gasteiger partial charge is 0.327 e. The number of carbonyl (C=O) groups is 3. The molecule has 0 spiro atoms. The van der Waals surface area contributed by atoms with E-state index in [0.29, 0.717) is 5.56 Å². The van der Waals surface area contributed by atoms with Crippen LogP contribution in [0.1, 0.15) is 26.3 Å². The Balaban J connectivity index is 2.05. The molecule has 0 saturated carbocycles. The molecule has 2 aromatic rings. The van der Waals surface area contributed by atoms with Crippen molar-refractivity contribution in [2.75, 3.05) is 6.54 Å². The number of hydrogen-bond acceptors (Lipinski definition) is 5. The zero-order chi connectivity index (χ0) is 20.0. The fourth-order valence-corrected chi connectivity index (χ4v) is 2.52. The van der Waals surface area contributed by atoms with Crippen LogP contribution in [-0.2, 0) is 11.3 Å². The lowest BCUT2D eigenvalue weighted by Gasteiger charge is -2.13. The number of benzene rings is 2. The van der Waals surface area contributed by atoms with E-state index in [9.17, 15) is 19.5 Å². The van der Waals surface area contributed by atoms with Crippen LogP contribution in [0.4, 0.5) is 0 Å². The first-order chi connectivity index (χ1) is 12.8. The van der Waals surface area contributed by atoms with E-state index in [1.807, 2.05) is 0 Å². The van der Waals surface area contributed by atoms with E-state index < -0.39 is 23.8 Å². The van der Waals surface area contributed by atoms with Gasteiger partial charge in [-0.3, -0.25) is 9.59 Å². The van der Waals surface area contributed by atoms with Crippen molar-refractivity contribution in [2.45, 2.75) is 12.6 Å². The summed E-state index contributed by atoms with van der Waals surface area (Å²) in [5, 5.41) is 23.3. The lowest BCUT2D eigenvalue weighted by atomic mass is 10.1. The van der Waals surface area contributed by atoms with Crippen molar-refractivity contribution in [2.24, 2.45) is 5.73 Å². The maximum atomic E-state index is 12.2. The molecule has 9 heteroatoms. The van der Waals surface area contributed by atoms with Gasteiger partial charge in [0.15, 0.2) is 0 Å². The summed E-state index contributed by atoms with van der Waals surface area (Å²) in [5.41, 5.74) is 6.27. The highest BCUT2D eigenvalue weighted by Crippen LogP contribution is 2.18. The number of aliphatic carboxylic acids is 1. The summed E-state index contributed by atoms with van der Waals surface area (Å²) < 4.78 is 0. The summed E-state index contributed by atoms with van der Waals surface area (Å²) in [6.07, 6.45) is 0. The molecule has 0 bridgehead atoms. The van der Waals surface area contributed by atoms with Gasteiger partial charge in [0.25, 0.3) is 11.8 Å². The normalized spacial score (nSPS) is 11.5. The summed E-state index contributed by atoms with van der Waals surface area (Å²) in [6.45, 7) is -0.0713. The van der Waals surface area contributed by atoms with Crippen molar-refractivity contribution in [1.82, 2.24) is 10.6 Å². The van der Waals surface area contributed by atoms with Crippen LogP contribution in [0.3, 0.4) is 0 Å². The summed E-state index contributed by atoms with van der Waals surface area (Å²) >= 11 is 6.06. The fraction of sp³-hybridized carbons (Fsp3) is 0.167. The van der Waals surface area contributed by atoms with Gasteiger partial charge in [0.05, 0.1) is 10.6 Å². The highest BCUT2D eigenvalue weighted by Gasteiger charge is 2.21. The number of phenols is 1. The second-order valence-electron chi connectivity index (χ2n) is 5.65. The lowest BCUT2D eigenvalue weighted by Crippen LogP contribution is -2.45. The first kappa shape index (κ1) is 20.2. The van der Waals surface area contributed by atoms with Gasteiger partial charge in [-0.2, -0.15) is 0 Å². The van der Waals surface area contributed by atoms with E-state index in [2.05, 4.69) is 10.6 Å². The third-order valence-electron chi connectivity index (χ3n) is 3.68. The number of hydrogen-bond donors (Lipinski definition) is 5. The van der Waals surface area contributed by atoms with Crippen molar-refractivity contribution in [3.05, 3.63) is 64.2 Å². The molecule has 142 valence electrons. The van der Waals surface area contributed by atoms with E-state index in [1.54, 1.807) is 12.1 Å². The molecular formula is C18H18ClN3O5. The van der Waals surface area contributed by atoms with Gasteiger partial charge >= 0.3 is 5.97 Å². The molecule has 0 aliphatic rings. The monoisotopic (exact) mass is 391 g/mol. The molecule has 0 heterocycles. The van der Waals surface area contributed by atoms with Crippen LogP contribution in [0, 0.1) is 0 Å². The SMILES string of the molecule is NC[C@H](NC(=O)c1ccc(C(=O)NCc2cccc(O)c2)cc1Cl)C(=O)O. The van der Waals surface area contributed by atoms with Crippen molar-refractivity contribution in [1.29, 1.82) is 0 Å². The van der Waals surface area contributed by atoms with E-state index in [1.165, 1.54) is 30.3 Å². The molecule has 27 heavy (non-hydrogen) atoms. The van der Waals surface area contributed by atoms with Crippen molar-refractivity contribution in [3.8, 4) is 5.75 Å².